The molecule has 2 aliphatic rings. The number of nitrogens with zero attached hydrogens (tertiary/aromatic N) is 1. The highest BCUT2D eigenvalue weighted by molar-refractivity contribution is 5.90. The van der Waals surface area contributed by atoms with Gasteiger partial charge in [0.05, 0.1) is 6.04 Å². The van der Waals surface area contributed by atoms with Crippen molar-refractivity contribution < 1.29 is 9.59 Å². The van der Waals surface area contributed by atoms with E-state index in [4.69, 9.17) is 0 Å². The zero-order valence-electron chi connectivity index (χ0n) is 20.0. The second-order valence-electron chi connectivity index (χ2n) is 10.7. The number of nitrogens with one attached hydrogen (secondary N) is 1. The lowest BCUT2D eigenvalue weighted by atomic mass is 9.62. The van der Waals surface area contributed by atoms with E-state index in [1.165, 1.54) is 16.8 Å². The van der Waals surface area contributed by atoms with Crippen molar-refractivity contribution in [3.05, 3.63) is 82.7 Å². The van der Waals surface area contributed by atoms with Gasteiger partial charge in [0.1, 0.15) is 12.6 Å². The van der Waals surface area contributed by atoms with Crippen LogP contribution >= 0.6 is 0 Å². The van der Waals surface area contributed by atoms with Crippen LogP contribution in [0.2, 0.25) is 0 Å². The number of carbonyl (C=O) groups is 2. The van der Waals surface area contributed by atoms with Crippen molar-refractivity contribution >= 4 is 34.4 Å². The largest absolute Gasteiger partial charge is 0.356 e. The van der Waals surface area contributed by atoms with Crippen LogP contribution in [-0.2, 0) is 22.4 Å². The molecular formula is C30H30N2O2. The first kappa shape index (κ1) is 21.2. The molecule has 1 aliphatic carbocycles. The predicted molar refractivity (Wildman–Crippen MR) is 136 cm³/mol. The number of aromatic amines is 1. The third-order valence-corrected chi connectivity index (χ3v) is 8.20. The first-order valence-corrected chi connectivity index (χ1v) is 12.2. The van der Waals surface area contributed by atoms with Gasteiger partial charge >= 0.3 is 0 Å². The van der Waals surface area contributed by atoms with Crippen LogP contribution in [0.3, 0.4) is 0 Å². The number of benzene rings is 2. The van der Waals surface area contributed by atoms with Crippen LogP contribution in [0.4, 0.5) is 0 Å². The topological polar surface area (TPSA) is 54.9 Å². The number of para-hydroxylation sites is 2. The molecule has 1 aliphatic heterocycles. The van der Waals surface area contributed by atoms with E-state index in [0.717, 1.165) is 52.1 Å². The Morgan fingerprint density at radius 2 is 1.65 bits per heavy atom. The van der Waals surface area contributed by atoms with Gasteiger partial charge in [-0.25, -0.2) is 0 Å². The maximum Gasteiger partial charge on any atom is 0.124 e. The highest BCUT2D eigenvalue weighted by Crippen LogP contribution is 2.61. The Balaban J connectivity index is 1.73. The summed E-state index contributed by atoms with van der Waals surface area (Å²) in [5, 5.41) is 2.29. The molecule has 6 rings (SSSR count). The van der Waals surface area contributed by atoms with Crippen LogP contribution in [0.15, 0.2) is 60.2 Å². The summed E-state index contributed by atoms with van der Waals surface area (Å²) in [7, 11) is 0. The van der Waals surface area contributed by atoms with Crippen molar-refractivity contribution in [1.82, 2.24) is 9.55 Å². The molecule has 0 bridgehead atoms. The normalized spacial score (nSPS) is 23.0. The number of carbonyl (C=O) groups excluding carboxylic acids is 2. The summed E-state index contributed by atoms with van der Waals surface area (Å²) in [6, 6.07) is 16.8. The van der Waals surface area contributed by atoms with Gasteiger partial charge in [-0.15, -0.1) is 0 Å². The number of fused-ring (bicyclic) bond motifs is 6. The number of allylic oxidation sites excluding steroid dienone is 2. The maximum atomic E-state index is 11.8. The summed E-state index contributed by atoms with van der Waals surface area (Å²) >= 11 is 0. The molecule has 3 heterocycles. The number of hydrogen-bond donors (Lipinski definition) is 1. The molecule has 0 saturated heterocycles. The van der Waals surface area contributed by atoms with Crippen molar-refractivity contribution in [2.24, 2.45) is 11.3 Å². The third kappa shape index (κ3) is 2.84. The van der Waals surface area contributed by atoms with Crippen LogP contribution in [0.25, 0.3) is 21.8 Å². The molecule has 4 heteroatoms. The predicted octanol–water partition coefficient (Wildman–Crippen LogP) is 6.28. The summed E-state index contributed by atoms with van der Waals surface area (Å²) in [6.07, 6.45) is 6.35. The van der Waals surface area contributed by atoms with E-state index in [-0.39, 0.29) is 17.4 Å². The van der Waals surface area contributed by atoms with Gasteiger partial charge in [-0.3, -0.25) is 0 Å². The van der Waals surface area contributed by atoms with Crippen molar-refractivity contribution in [2.45, 2.75) is 52.0 Å². The Labute approximate surface area is 199 Å². The van der Waals surface area contributed by atoms with Crippen LogP contribution < -0.4 is 0 Å². The fourth-order valence-corrected chi connectivity index (χ4v) is 7.22. The first-order valence-electron chi connectivity index (χ1n) is 12.2. The van der Waals surface area contributed by atoms with Gasteiger partial charge in [0.2, 0.25) is 0 Å². The second kappa shape index (κ2) is 7.56. The van der Waals surface area contributed by atoms with Gasteiger partial charge in [-0.2, -0.15) is 0 Å². The molecule has 0 unspecified atom stereocenters. The van der Waals surface area contributed by atoms with E-state index >= 15 is 0 Å². The Bertz CT molecular complexity index is 1480. The monoisotopic (exact) mass is 450 g/mol. The fourth-order valence-electron chi connectivity index (χ4n) is 7.22. The van der Waals surface area contributed by atoms with Crippen LogP contribution in [0, 0.1) is 11.3 Å². The molecule has 0 radical (unpaired) electrons. The maximum absolute atomic E-state index is 11.8. The van der Waals surface area contributed by atoms with Gasteiger partial charge in [0.25, 0.3) is 0 Å². The fraction of sp³-hybridized carbons (Fsp3) is 0.333. The molecule has 34 heavy (non-hydrogen) atoms. The van der Waals surface area contributed by atoms with Crippen LogP contribution in [0.1, 0.15) is 61.7 Å². The third-order valence-electron chi connectivity index (χ3n) is 8.20. The van der Waals surface area contributed by atoms with E-state index in [9.17, 15) is 9.59 Å². The van der Waals surface area contributed by atoms with Gasteiger partial charge in [0.15, 0.2) is 0 Å². The smallest absolute Gasteiger partial charge is 0.124 e. The minimum absolute atomic E-state index is 0.0580. The molecule has 0 fully saturated rings. The van der Waals surface area contributed by atoms with Gasteiger partial charge in [0, 0.05) is 57.9 Å². The SMILES string of the molecule is CC1=C[C@@H]2c3c(CC=O)c4ccccc4n3[C@@H](c3[nH]c4ccccc4c3CC=O)[C@@H]2C(C)(C)C1. The summed E-state index contributed by atoms with van der Waals surface area (Å²) < 4.78 is 2.50. The van der Waals surface area contributed by atoms with E-state index in [1.54, 1.807) is 0 Å². The van der Waals surface area contributed by atoms with Crippen LogP contribution in [-0.4, -0.2) is 22.1 Å². The second-order valence-corrected chi connectivity index (χ2v) is 10.7. The molecule has 0 amide bonds. The molecule has 1 N–H and O–H groups in total. The Morgan fingerprint density at radius 1 is 0.971 bits per heavy atom. The Hall–Kier alpha value is -3.40. The average Bonchev–Trinajstić information content (AvgIpc) is 3.43. The molecule has 0 spiro atoms. The molecule has 172 valence electrons. The van der Waals surface area contributed by atoms with E-state index < -0.39 is 0 Å². The van der Waals surface area contributed by atoms with Crippen LogP contribution in [0.5, 0.6) is 0 Å². The minimum atomic E-state index is 0.0580. The summed E-state index contributed by atoms with van der Waals surface area (Å²) in [6.45, 7) is 6.99. The van der Waals surface area contributed by atoms with E-state index in [2.05, 4.69) is 72.8 Å². The number of hydrogen-bond acceptors (Lipinski definition) is 2. The summed E-state index contributed by atoms with van der Waals surface area (Å²) in [5.74, 6) is 0.547. The Kier molecular flexibility index (Phi) is 4.70. The summed E-state index contributed by atoms with van der Waals surface area (Å²) in [4.78, 5) is 27.4. The molecule has 3 atom stereocenters. The number of aromatic nitrogens is 2. The zero-order chi connectivity index (χ0) is 23.6. The molecule has 4 nitrogen and oxygen atoms in total. The van der Waals surface area contributed by atoms with Crippen molar-refractivity contribution in [3.8, 4) is 0 Å². The quantitative estimate of drug-likeness (QED) is 0.287. The minimum Gasteiger partial charge on any atom is -0.356 e. The standard InChI is InChI=1S/C30H30N2O2/c1-18-16-23-26(30(2,3)17-18)29(27-21(12-14-33)19-8-4-6-10-24(19)31-27)32-25-11-7-5-9-20(25)22(13-15-34)28(23)32/h4-11,14-16,23,26,29,31H,12-13,17H2,1-3H3/t23-,26+,29+/m0/s1. The van der Waals surface area contributed by atoms with E-state index in [1.807, 2.05) is 12.1 Å². The highest BCUT2D eigenvalue weighted by Gasteiger charge is 2.52. The molecule has 4 aromatic rings. The molecule has 2 aromatic heterocycles. The van der Waals surface area contributed by atoms with E-state index in [0.29, 0.717) is 18.8 Å². The first-order chi connectivity index (χ1) is 16.5. The lowest BCUT2D eigenvalue weighted by molar-refractivity contribution is -0.108. The number of rotatable bonds is 5. The Morgan fingerprint density at radius 3 is 2.41 bits per heavy atom. The lowest BCUT2D eigenvalue weighted by Crippen LogP contribution is -2.35. The highest BCUT2D eigenvalue weighted by atomic mass is 16.1. The van der Waals surface area contributed by atoms with Gasteiger partial charge in [-0.1, -0.05) is 61.9 Å². The average molecular weight is 451 g/mol. The van der Waals surface area contributed by atoms with Gasteiger partial charge in [-0.05, 0) is 42.0 Å². The molecule has 0 saturated carbocycles. The molecular weight excluding hydrogens is 420 g/mol. The van der Waals surface area contributed by atoms with Gasteiger partial charge < -0.3 is 19.1 Å². The van der Waals surface area contributed by atoms with Crippen molar-refractivity contribution in [2.75, 3.05) is 0 Å². The number of H-pyrrole nitrogens is 1. The summed E-state index contributed by atoms with van der Waals surface area (Å²) in [5.41, 5.74) is 8.37. The lowest BCUT2D eigenvalue weighted by Gasteiger charge is -2.42. The van der Waals surface area contributed by atoms with Crippen molar-refractivity contribution in [3.63, 3.8) is 0 Å². The molecule has 2 aromatic carbocycles. The van der Waals surface area contributed by atoms with Crippen molar-refractivity contribution in [1.29, 1.82) is 0 Å². The zero-order valence-corrected chi connectivity index (χ0v) is 20.0. The number of aldehydes is 2.